The molecule has 0 fully saturated rings. The number of rotatable bonds is 2. The molecule has 4 nitrogen and oxygen atoms in total. The van der Waals surface area contributed by atoms with Gasteiger partial charge in [-0.25, -0.2) is 0 Å². The standard InChI is InChI=1S/C8H10BrNO3/c9-4-1-2-6(12)8(13)7(4)5(10)3-11/h1-2,5,11-13H,3,10H2. The van der Waals surface area contributed by atoms with Crippen molar-refractivity contribution in [1.29, 1.82) is 0 Å². The van der Waals surface area contributed by atoms with Crippen molar-refractivity contribution in [2.75, 3.05) is 6.61 Å². The number of hydrogen-bond acceptors (Lipinski definition) is 4. The zero-order valence-corrected chi connectivity index (χ0v) is 8.32. The molecule has 13 heavy (non-hydrogen) atoms. The molecule has 0 saturated heterocycles. The minimum atomic E-state index is -0.707. The Labute approximate surface area is 83.8 Å². The normalized spacial score (nSPS) is 12.8. The summed E-state index contributed by atoms with van der Waals surface area (Å²) in [5.74, 6) is -0.543. The molecule has 0 bridgehead atoms. The quantitative estimate of drug-likeness (QED) is 0.584. The number of nitrogens with two attached hydrogens (primary N) is 1. The molecule has 5 N–H and O–H groups in total. The van der Waals surface area contributed by atoms with Crippen LogP contribution < -0.4 is 5.73 Å². The van der Waals surface area contributed by atoms with Crippen molar-refractivity contribution in [3.05, 3.63) is 22.2 Å². The Morgan fingerprint density at radius 1 is 1.38 bits per heavy atom. The van der Waals surface area contributed by atoms with E-state index in [-0.39, 0.29) is 18.1 Å². The first-order valence-electron chi connectivity index (χ1n) is 3.64. The third-order valence-electron chi connectivity index (χ3n) is 1.71. The summed E-state index contributed by atoms with van der Waals surface area (Å²) in [7, 11) is 0. The molecule has 1 aromatic rings. The summed E-state index contributed by atoms with van der Waals surface area (Å²) in [6, 6.07) is 2.19. The number of phenolic OH excluding ortho intramolecular Hbond substituents is 2. The van der Waals surface area contributed by atoms with Gasteiger partial charge < -0.3 is 21.1 Å². The fourth-order valence-electron chi connectivity index (χ4n) is 1.02. The number of halogens is 1. The van der Waals surface area contributed by atoms with Crippen LogP contribution in [0.5, 0.6) is 11.5 Å². The van der Waals surface area contributed by atoms with Gasteiger partial charge in [0, 0.05) is 10.0 Å². The third kappa shape index (κ3) is 1.93. The highest BCUT2D eigenvalue weighted by molar-refractivity contribution is 9.10. The molecule has 0 aliphatic carbocycles. The lowest BCUT2D eigenvalue weighted by Gasteiger charge is -2.13. The van der Waals surface area contributed by atoms with E-state index in [1.807, 2.05) is 0 Å². The molecule has 0 aromatic heterocycles. The predicted molar refractivity (Wildman–Crippen MR) is 51.5 cm³/mol. The van der Waals surface area contributed by atoms with Crippen LogP contribution in [0, 0.1) is 0 Å². The van der Waals surface area contributed by atoms with Gasteiger partial charge in [-0.3, -0.25) is 0 Å². The first-order valence-corrected chi connectivity index (χ1v) is 4.44. The first-order chi connectivity index (χ1) is 6.07. The average Bonchev–Trinajstić information content (AvgIpc) is 2.12. The van der Waals surface area contributed by atoms with Gasteiger partial charge >= 0.3 is 0 Å². The number of aliphatic hydroxyl groups excluding tert-OH is 1. The van der Waals surface area contributed by atoms with E-state index in [1.165, 1.54) is 6.07 Å². The van der Waals surface area contributed by atoms with Crippen LogP contribution in [0.2, 0.25) is 0 Å². The Hall–Kier alpha value is -0.780. The Morgan fingerprint density at radius 2 is 2.00 bits per heavy atom. The Bertz CT molecular complexity index is 317. The molecule has 0 amide bonds. The average molecular weight is 248 g/mol. The Morgan fingerprint density at radius 3 is 2.54 bits per heavy atom. The van der Waals surface area contributed by atoms with Crippen LogP contribution in [0.3, 0.4) is 0 Å². The van der Waals surface area contributed by atoms with Crippen molar-refractivity contribution in [2.45, 2.75) is 6.04 Å². The zero-order valence-electron chi connectivity index (χ0n) is 6.74. The number of aliphatic hydroxyl groups is 1. The van der Waals surface area contributed by atoms with Gasteiger partial charge in [0.25, 0.3) is 0 Å². The molecule has 0 aliphatic rings. The van der Waals surface area contributed by atoms with Gasteiger partial charge in [0.05, 0.1) is 12.6 Å². The molecule has 0 aliphatic heterocycles. The van der Waals surface area contributed by atoms with Gasteiger partial charge in [0.1, 0.15) is 0 Å². The largest absolute Gasteiger partial charge is 0.504 e. The van der Waals surface area contributed by atoms with Crippen LogP contribution in [0.25, 0.3) is 0 Å². The molecular formula is C8H10BrNO3. The summed E-state index contributed by atoms with van der Waals surface area (Å²) in [4.78, 5) is 0. The lowest BCUT2D eigenvalue weighted by atomic mass is 10.1. The highest BCUT2D eigenvalue weighted by atomic mass is 79.9. The molecule has 0 radical (unpaired) electrons. The molecular weight excluding hydrogens is 238 g/mol. The molecule has 1 rings (SSSR count). The summed E-state index contributed by atoms with van der Waals surface area (Å²) in [6.07, 6.45) is 0. The smallest absolute Gasteiger partial charge is 0.163 e. The van der Waals surface area contributed by atoms with Crippen molar-refractivity contribution in [3.63, 3.8) is 0 Å². The van der Waals surface area contributed by atoms with Gasteiger partial charge in [0.15, 0.2) is 11.5 Å². The van der Waals surface area contributed by atoms with E-state index >= 15 is 0 Å². The monoisotopic (exact) mass is 247 g/mol. The molecule has 0 saturated carbocycles. The van der Waals surface area contributed by atoms with E-state index in [4.69, 9.17) is 15.9 Å². The van der Waals surface area contributed by atoms with Crippen molar-refractivity contribution in [1.82, 2.24) is 0 Å². The number of benzene rings is 1. The first kappa shape index (κ1) is 10.3. The predicted octanol–water partition coefficient (Wildman–Crippen LogP) is 0.852. The van der Waals surface area contributed by atoms with Crippen LogP contribution in [0.4, 0.5) is 0 Å². The highest BCUT2D eigenvalue weighted by Crippen LogP contribution is 2.37. The van der Waals surface area contributed by atoms with Crippen LogP contribution >= 0.6 is 15.9 Å². The van der Waals surface area contributed by atoms with Gasteiger partial charge in [-0.2, -0.15) is 0 Å². The number of hydrogen-bond donors (Lipinski definition) is 4. The van der Waals surface area contributed by atoms with Gasteiger partial charge in [-0.05, 0) is 12.1 Å². The summed E-state index contributed by atoms with van der Waals surface area (Å²) in [5.41, 5.74) is 5.82. The second-order valence-corrected chi connectivity index (χ2v) is 3.47. The molecule has 0 spiro atoms. The van der Waals surface area contributed by atoms with E-state index in [2.05, 4.69) is 15.9 Å². The van der Waals surface area contributed by atoms with Crippen molar-refractivity contribution >= 4 is 15.9 Å². The van der Waals surface area contributed by atoms with E-state index in [1.54, 1.807) is 6.07 Å². The van der Waals surface area contributed by atoms with Gasteiger partial charge in [-0.1, -0.05) is 15.9 Å². The SMILES string of the molecule is NC(CO)c1c(Br)ccc(O)c1O. The van der Waals surface area contributed by atoms with Crippen molar-refractivity contribution < 1.29 is 15.3 Å². The van der Waals surface area contributed by atoms with E-state index < -0.39 is 6.04 Å². The molecule has 72 valence electrons. The van der Waals surface area contributed by atoms with Crippen LogP contribution in [-0.2, 0) is 0 Å². The van der Waals surface area contributed by atoms with E-state index in [0.29, 0.717) is 10.0 Å². The zero-order chi connectivity index (χ0) is 10.0. The molecule has 0 heterocycles. The molecule has 1 unspecified atom stereocenters. The lowest BCUT2D eigenvalue weighted by molar-refractivity contribution is 0.264. The summed E-state index contributed by atoms with van der Waals surface area (Å²) in [6.45, 7) is -0.296. The second-order valence-electron chi connectivity index (χ2n) is 2.62. The fourth-order valence-corrected chi connectivity index (χ4v) is 1.63. The minimum Gasteiger partial charge on any atom is -0.504 e. The molecule has 5 heteroatoms. The maximum atomic E-state index is 9.41. The van der Waals surface area contributed by atoms with E-state index in [9.17, 15) is 5.11 Å². The lowest BCUT2D eigenvalue weighted by Crippen LogP contribution is -2.15. The second kappa shape index (κ2) is 3.95. The summed E-state index contributed by atoms with van der Waals surface area (Å²) in [5, 5.41) is 27.4. The number of aromatic hydroxyl groups is 2. The van der Waals surface area contributed by atoms with Crippen LogP contribution in [-0.4, -0.2) is 21.9 Å². The molecule has 1 atom stereocenters. The highest BCUT2D eigenvalue weighted by Gasteiger charge is 2.16. The fraction of sp³-hybridized carbons (Fsp3) is 0.250. The number of phenols is 2. The van der Waals surface area contributed by atoms with Gasteiger partial charge in [0.2, 0.25) is 0 Å². The van der Waals surface area contributed by atoms with Crippen molar-refractivity contribution in [2.24, 2.45) is 5.73 Å². The maximum absolute atomic E-state index is 9.41. The maximum Gasteiger partial charge on any atom is 0.163 e. The minimum absolute atomic E-state index is 0.248. The molecule has 1 aromatic carbocycles. The summed E-state index contributed by atoms with van der Waals surface area (Å²) < 4.78 is 0.560. The van der Waals surface area contributed by atoms with Crippen molar-refractivity contribution in [3.8, 4) is 11.5 Å². The topological polar surface area (TPSA) is 86.7 Å². The van der Waals surface area contributed by atoms with Crippen LogP contribution in [0.1, 0.15) is 11.6 Å². The van der Waals surface area contributed by atoms with Crippen LogP contribution in [0.15, 0.2) is 16.6 Å². The van der Waals surface area contributed by atoms with Gasteiger partial charge in [-0.15, -0.1) is 0 Å². The summed E-state index contributed by atoms with van der Waals surface area (Å²) >= 11 is 3.16. The Balaban J connectivity index is 3.25. The third-order valence-corrected chi connectivity index (χ3v) is 2.40. The van der Waals surface area contributed by atoms with E-state index in [0.717, 1.165) is 0 Å². The Kier molecular flexibility index (Phi) is 3.13.